The summed E-state index contributed by atoms with van der Waals surface area (Å²) < 4.78 is 10.1. The number of hydrogen-bond donors (Lipinski definition) is 0. The van der Waals surface area contributed by atoms with Gasteiger partial charge in [-0.05, 0) is 24.3 Å². The highest BCUT2D eigenvalue weighted by Gasteiger charge is 2.15. The molecule has 0 spiro atoms. The van der Waals surface area contributed by atoms with E-state index < -0.39 is 0 Å². The second-order valence-electron chi connectivity index (χ2n) is 4.54. The molecule has 0 N–H and O–H groups in total. The molecular weight excluding hydrogens is 390 g/mol. The maximum atomic E-state index is 12.7. The molecule has 1 aromatic heterocycles. The van der Waals surface area contributed by atoms with Gasteiger partial charge in [0.25, 0.3) is 11.1 Å². The van der Waals surface area contributed by atoms with E-state index in [2.05, 4.69) is 0 Å². The fourth-order valence-electron chi connectivity index (χ4n) is 2.20. The summed E-state index contributed by atoms with van der Waals surface area (Å²) in [5.74, 6) is 0.677. The Balaban J connectivity index is 2.06. The van der Waals surface area contributed by atoms with Crippen LogP contribution in [0.1, 0.15) is 0 Å². The number of ether oxygens (including phenoxy) is 1. The van der Waals surface area contributed by atoms with Crippen molar-refractivity contribution in [1.29, 1.82) is 0 Å². The van der Waals surface area contributed by atoms with Gasteiger partial charge in [-0.2, -0.15) is 0 Å². The van der Waals surface area contributed by atoms with Crippen LogP contribution in [0.5, 0.6) is 5.75 Å². The molecule has 0 saturated carbocycles. The molecule has 0 saturated heterocycles. The van der Waals surface area contributed by atoms with Gasteiger partial charge >= 0.3 is 0 Å². The largest absolute Gasteiger partial charge is 0.497 e. The van der Waals surface area contributed by atoms with Gasteiger partial charge in [-0.1, -0.05) is 12.2 Å². The third-order valence-electron chi connectivity index (χ3n) is 3.24. The lowest BCUT2D eigenvalue weighted by Gasteiger charge is -2.02. The molecule has 0 atom stereocenters. The highest BCUT2D eigenvalue weighted by Crippen LogP contribution is 2.34. The molecule has 2 aromatic rings. The Hall–Kier alpha value is -1.39. The van der Waals surface area contributed by atoms with Gasteiger partial charge in [-0.25, -0.2) is 4.57 Å². The van der Waals surface area contributed by atoms with Crippen molar-refractivity contribution in [3.05, 3.63) is 57.2 Å². The average molecular weight is 398 g/mol. The first-order valence-electron chi connectivity index (χ1n) is 6.35. The normalized spacial score (nSPS) is 11.3. The first kappa shape index (κ1) is 15.2. The quantitative estimate of drug-likeness (QED) is 0.479. The fourth-order valence-corrected chi connectivity index (χ4v) is 8.31. The number of nitrogens with zero attached hydrogens (tertiary/aromatic N) is 1. The highest BCUT2D eigenvalue weighted by atomic mass is 32.2. The number of aromatic nitrogens is 1. The van der Waals surface area contributed by atoms with Crippen molar-refractivity contribution in [1.82, 2.24) is 4.57 Å². The Kier molecular flexibility index (Phi) is 3.69. The fraction of sp³-hybridized carbons (Fsp3) is 0.0714. The highest BCUT2D eigenvalue weighted by molar-refractivity contribution is 7.78. The molecule has 0 bridgehead atoms. The van der Waals surface area contributed by atoms with Crippen LogP contribution >= 0.6 is 57.6 Å². The van der Waals surface area contributed by atoms with Crippen LogP contribution in [-0.2, 0) is 0 Å². The molecule has 0 aliphatic carbocycles. The van der Waals surface area contributed by atoms with E-state index in [1.807, 2.05) is 0 Å². The lowest BCUT2D eigenvalue weighted by Crippen LogP contribution is -2.24. The van der Waals surface area contributed by atoms with Crippen molar-refractivity contribution in [3.8, 4) is 11.4 Å². The summed E-state index contributed by atoms with van der Waals surface area (Å²) in [5.41, 5.74) is -0.00217. The van der Waals surface area contributed by atoms with Gasteiger partial charge in [-0.3, -0.25) is 9.59 Å². The van der Waals surface area contributed by atoms with Gasteiger partial charge < -0.3 is 4.74 Å². The molecule has 0 fully saturated rings. The second kappa shape index (κ2) is 5.60. The zero-order valence-electron chi connectivity index (χ0n) is 11.5. The predicted molar refractivity (Wildman–Crippen MR) is 100 cm³/mol. The predicted octanol–water partition coefficient (Wildman–Crippen LogP) is 4.06. The van der Waals surface area contributed by atoms with Crippen LogP contribution in [0.4, 0.5) is 0 Å². The van der Waals surface area contributed by atoms with E-state index in [9.17, 15) is 9.59 Å². The Bertz CT molecular complexity index is 1180. The third-order valence-corrected chi connectivity index (χ3v) is 8.94. The Morgan fingerprint density at radius 2 is 1.43 bits per heavy atom. The summed E-state index contributed by atoms with van der Waals surface area (Å²) in [5, 5.41) is 0. The summed E-state index contributed by atoms with van der Waals surface area (Å²) >= 11 is 10.9. The molecular formula is C14H7NO3S5. The van der Waals surface area contributed by atoms with E-state index in [0.29, 0.717) is 20.5 Å². The van der Waals surface area contributed by atoms with Crippen molar-refractivity contribution in [2.24, 2.45) is 0 Å². The summed E-state index contributed by atoms with van der Waals surface area (Å²) in [6.45, 7) is 0. The number of hydrogen-bond acceptors (Lipinski definition) is 8. The standard InChI is InChI=1S/C14H7NO3S5/c1-18-7-4-2-6(3-5-7)15-10(16)8-9(11(15)17)21-13-12(20-8)22-14(19)23-13/h2-5H,1H3. The SMILES string of the molecule is COc1ccc(-n2c(=O)c3sc4sc(=S)sc4sc=3c2=O)cc1. The van der Waals surface area contributed by atoms with Gasteiger partial charge in [0.05, 0.1) is 12.8 Å². The first-order valence-corrected chi connectivity index (χ1v) is 10.0. The molecule has 116 valence electrons. The lowest BCUT2D eigenvalue weighted by atomic mass is 10.3. The van der Waals surface area contributed by atoms with Crippen LogP contribution in [0, 0.1) is 12.2 Å². The number of rotatable bonds is 2. The Morgan fingerprint density at radius 1 is 0.913 bits per heavy atom. The minimum atomic E-state index is -0.275. The van der Waals surface area contributed by atoms with Gasteiger partial charge in [0.1, 0.15) is 26.0 Å². The topological polar surface area (TPSA) is 48.3 Å². The first-order chi connectivity index (χ1) is 11.1. The van der Waals surface area contributed by atoms with Crippen LogP contribution in [0.25, 0.3) is 13.7 Å². The van der Waals surface area contributed by atoms with Crippen LogP contribution < -0.4 is 15.9 Å². The molecule has 4 nitrogen and oxygen atoms in total. The van der Waals surface area contributed by atoms with Crippen molar-refractivity contribution in [3.63, 3.8) is 0 Å². The molecule has 2 aliphatic rings. The van der Waals surface area contributed by atoms with Crippen LogP contribution in [0.3, 0.4) is 0 Å². The summed E-state index contributed by atoms with van der Waals surface area (Å²) in [6.07, 6.45) is 0. The zero-order chi connectivity index (χ0) is 16.1. The Labute approximate surface area is 150 Å². The third kappa shape index (κ3) is 2.39. The maximum Gasteiger partial charge on any atom is 0.277 e. The van der Waals surface area contributed by atoms with E-state index in [1.54, 1.807) is 31.4 Å². The number of fused-ring (bicyclic) bond motifs is 1. The summed E-state index contributed by atoms with van der Waals surface area (Å²) in [7, 11) is 1.57. The van der Waals surface area contributed by atoms with E-state index in [4.69, 9.17) is 17.0 Å². The molecule has 23 heavy (non-hydrogen) atoms. The number of benzene rings is 1. The molecule has 1 aromatic carbocycles. The van der Waals surface area contributed by atoms with Gasteiger partial charge in [0.15, 0.2) is 0 Å². The molecule has 9 heteroatoms. The maximum absolute atomic E-state index is 12.7. The number of methoxy groups -OCH3 is 1. The van der Waals surface area contributed by atoms with E-state index in [-0.39, 0.29) is 11.1 Å². The van der Waals surface area contributed by atoms with E-state index in [1.165, 1.54) is 49.9 Å². The van der Waals surface area contributed by atoms with Gasteiger partial charge in [-0.15, -0.1) is 45.3 Å². The smallest absolute Gasteiger partial charge is 0.277 e. The molecule has 3 heterocycles. The summed E-state index contributed by atoms with van der Waals surface area (Å²) in [6, 6.07) is 6.88. The van der Waals surface area contributed by atoms with Crippen molar-refractivity contribution < 1.29 is 4.74 Å². The molecule has 4 rings (SSSR count). The van der Waals surface area contributed by atoms with Gasteiger partial charge in [0.2, 0.25) is 0 Å². The molecule has 0 radical (unpaired) electrons. The van der Waals surface area contributed by atoms with Crippen molar-refractivity contribution in [2.75, 3.05) is 7.11 Å². The van der Waals surface area contributed by atoms with Crippen LogP contribution in [0.15, 0.2) is 33.9 Å². The minimum absolute atomic E-state index is 0.275. The molecule has 2 aliphatic heterocycles. The van der Waals surface area contributed by atoms with E-state index >= 15 is 0 Å². The zero-order valence-corrected chi connectivity index (χ0v) is 15.6. The van der Waals surface area contributed by atoms with Crippen molar-refractivity contribution in [2.45, 2.75) is 0 Å². The van der Waals surface area contributed by atoms with Crippen LogP contribution in [-0.4, -0.2) is 11.7 Å². The van der Waals surface area contributed by atoms with E-state index in [0.717, 1.165) is 11.2 Å². The van der Waals surface area contributed by atoms with Crippen LogP contribution in [0.2, 0.25) is 0 Å². The van der Waals surface area contributed by atoms with Gasteiger partial charge in [0, 0.05) is 0 Å². The minimum Gasteiger partial charge on any atom is -0.497 e. The molecule has 0 amide bonds. The average Bonchev–Trinajstić information content (AvgIpc) is 3.03. The molecule has 0 unspecified atom stereocenters. The monoisotopic (exact) mass is 397 g/mol. The lowest BCUT2D eigenvalue weighted by molar-refractivity contribution is 0.414. The van der Waals surface area contributed by atoms with Crippen molar-refractivity contribution >= 4 is 65.6 Å². The summed E-state index contributed by atoms with van der Waals surface area (Å²) in [4.78, 5) is 25.4. The second-order valence-corrected chi connectivity index (χ2v) is 10.3. The Morgan fingerprint density at radius 3 is 1.91 bits per heavy atom.